The highest BCUT2D eigenvalue weighted by molar-refractivity contribution is 6.58. The minimum absolute atomic E-state index is 4.97. The molecule has 0 aliphatic rings. The molecule has 188 valence electrons. The SMILES string of the molecule is O[Si](O)(O)C(F)C(F)(F)C(F)(F)C(F)(F)C(F)(F)C(F)(F)C(F)(F)C(F)C(F)C(F)F. The largest absolute Gasteiger partial charge is 0.535 e. The summed E-state index contributed by atoms with van der Waals surface area (Å²) in [6.45, 7) is 0. The van der Waals surface area contributed by atoms with Crippen LogP contribution in [0.2, 0.25) is 0 Å². The van der Waals surface area contributed by atoms with Gasteiger partial charge in [-0.25, -0.2) is 22.0 Å². The standard InChI is InChI=1S/C10H7F17O3Si/c11-1(3(13)14)2(12)5(16,17)7(20,21)9(24,25)10(26,27)8(22,23)6(18,19)4(15)31(28,29)30/h1-4,28-30H. The van der Waals surface area contributed by atoms with Gasteiger partial charge >= 0.3 is 44.3 Å². The van der Waals surface area contributed by atoms with E-state index in [1.165, 1.54) is 0 Å². The van der Waals surface area contributed by atoms with E-state index in [0.29, 0.717) is 0 Å². The van der Waals surface area contributed by atoms with Crippen molar-refractivity contribution < 1.29 is 89.0 Å². The predicted molar refractivity (Wildman–Crippen MR) is 62.8 cm³/mol. The third kappa shape index (κ3) is 4.28. The van der Waals surface area contributed by atoms with Crippen LogP contribution in [0.5, 0.6) is 0 Å². The Morgan fingerprint density at radius 1 is 0.484 bits per heavy atom. The average Bonchev–Trinajstić information content (AvgIpc) is 2.57. The summed E-state index contributed by atoms with van der Waals surface area (Å²) in [4.78, 5) is 24.4. The minimum Gasteiger partial charge on any atom is -0.388 e. The second kappa shape index (κ2) is 8.04. The fraction of sp³-hybridized carbons (Fsp3) is 1.00. The Bertz CT molecular complexity index is 632. The molecular weight excluding hydrogens is 519 g/mol. The fourth-order valence-electron chi connectivity index (χ4n) is 1.72. The lowest BCUT2D eigenvalue weighted by Crippen LogP contribution is -2.75. The Morgan fingerprint density at radius 2 is 0.774 bits per heavy atom. The molecule has 3 atom stereocenters. The van der Waals surface area contributed by atoms with E-state index in [0.717, 1.165) is 0 Å². The summed E-state index contributed by atoms with van der Waals surface area (Å²) in [5.74, 6) is -54.6. The van der Waals surface area contributed by atoms with E-state index in [1.807, 2.05) is 0 Å². The van der Waals surface area contributed by atoms with Crippen molar-refractivity contribution in [2.45, 2.75) is 60.1 Å². The van der Waals surface area contributed by atoms with Gasteiger partial charge < -0.3 is 14.4 Å². The molecule has 0 amide bonds. The molecule has 0 saturated heterocycles. The molecule has 0 aromatic carbocycles. The van der Waals surface area contributed by atoms with E-state index in [-0.39, 0.29) is 0 Å². The first-order valence-electron chi connectivity index (χ1n) is 6.81. The Balaban J connectivity index is 6.62. The number of hydrogen-bond acceptors (Lipinski definition) is 3. The van der Waals surface area contributed by atoms with Crippen molar-refractivity contribution in [3.05, 3.63) is 0 Å². The van der Waals surface area contributed by atoms with Gasteiger partial charge in [-0.3, -0.25) is 0 Å². The highest BCUT2D eigenvalue weighted by atomic mass is 28.4. The van der Waals surface area contributed by atoms with Gasteiger partial charge in [-0.15, -0.1) is 0 Å². The molecule has 0 spiro atoms. The molecular formula is C10H7F17O3Si. The van der Waals surface area contributed by atoms with Crippen LogP contribution in [0.1, 0.15) is 0 Å². The predicted octanol–water partition coefficient (Wildman–Crippen LogP) is 3.53. The van der Waals surface area contributed by atoms with Gasteiger partial charge in [0, 0.05) is 0 Å². The lowest BCUT2D eigenvalue weighted by atomic mass is 9.89. The van der Waals surface area contributed by atoms with Crippen LogP contribution >= 0.6 is 0 Å². The van der Waals surface area contributed by atoms with Gasteiger partial charge in [-0.1, -0.05) is 0 Å². The Kier molecular flexibility index (Phi) is 7.76. The van der Waals surface area contributed by atoms with E-state index in [9.17, 15) is 74.6 Å². The zero-order valence-corrected chi connectivity index (χ0v) is 14.6. The van der Waals surface area contributed by atoms with Gasteiger partial charge in [0.25, 0.3) is 6.43 Å². The first kappa shape index (κ1) is 29.9. The van der Waals surface area contributed by atoms with E-state index in [2.05, 4.69) is 0 Å². The summed E-state index contributed by atoms with van der Waals surface area (Å²) in [6, 6.07) is 0. The van der Waals surface area contributed by atoms with E-state index in [4.69, 9.17) is 14.4 Å². The normalized spacial score (nSPS) is 18.9. The molecule has 3 unspecified atom stereocenters. The molecule has 0 bridgehead atoms. The van der Waals surface area contributed by atoms with E-state index < -0.39 is 68.9 Å². The molecule has 21 heteroatoms. The first-order valence-corrected chi connectivity index (χ1v) is 8.73. The van der Waals surface area contributed by atoms with Crippen LogP contribution in [-0.2, 0) is 0 Å². The van der Waals surface area contributed by atoms with Crippen molar-refractivity contribution in [1.82, 2.24) is 0 Å². The third-order valence-corrected chi connectivity index (χ3v) is 4.59. The molecule has 0 aromatic heterocycles. The summed E-state index contributed by atoms with van der Waals surface area (Å²) < 4.78 is 221. The quantitative estimate of drug-likeness (QED) is 0.302. The van der Waals surface area contributed by atoms with Gasteiger partial charge in [0.05, 0.1) is 0 Å². The van der Waals surface area contributed by atoms with E-state index in [1.54, 1.807) is 0 Å². The van der Waals surface area contributed by atoms with Crippen molar-refractivity contribution in [3.8, 4) is 0 Å². The summed E-state index contributed by atoms with van der Waals surface area (Å²) in [7, 11) is -7.28. The number of rotatable bonds is 10. The monoisotopic (exact) mass is 526 g/mol. The second-order valence-corrected chi connectivity index (χ2v) is 7.66. The van der Waals surface area contributed by atoms with Crippen molar-refractivity contribution >= 4 is 8.80 Å². The lowest BCUT2D eigenvalue weighted by molar-refractivity contribution is -0.433. The molecule has 0 heterocycles. The summed E-state index contributed by atoms with van der Waals surface area (Å²) >= 11 is 0. The molecule has 0 aliphatic heterocycles. The van der Waals surface area contributed by atoms with Gasteiger partial charge in [0.1, 0.15) is 0 Å². The van der Waals surface area contributed by atoms with Gasteiger partial charge in [0.2, 0.25) is 12.0 Å². The second-order valence-electron chi connectivity index (χ2n) is 5.77. The van der Waals surface area contributed by atoms with E-state index >= 15 is 0 Å². The minimum atomic E-state index is -8.56. The Hall–Kier alpha value is -1.09. The summed E-state index contributed by atoms with van der Waals surface area (Å²) in [5, 5.41) is 0. The molecule has 3 nitrogen and oxygen atoms in total. The highest BCUT2D eigenvalue weighted by Crippen LogP contribution is 2.61. The van der Waals surface area contributed by atoms with Crippen molar-refractivity contribution in [3.63, 3.8) is 0 Å². The summed E-state index contributed by atoms with van der Waals surface area (Å²) in [6.07, 6.45) is -15.8. The van der Waals surface area contributed by atoms with Crippen LogP contribution in [0, 0.1) is 0 Å². The Morgan fingerprint density at radius 3 is 1.03 bits per heavy atom. The number of hydrogen-bond donors (Lipinski definition) is 3. The van der Waals surface area contributed by atoms with Crippen LogP contribution in [0.25, 0.3) is 0 Å². The van der Waals surface area contributed by atoms with Crippen LogP contribution < -0.4 is 0 Å². The molecule has 0 fully saturated rings. The Labute approximate surface area is 159 Å². The molecule has 0 radical (unpaired) electrons. The third-order valence-electron chi connectivity index (χ3n) is 3.55. The summed E-state index contributed by atoms with van der Waals surface area (Å²) in [5.41, 5.74) is 0. The average molecular weight is 526 g/mol. The van der Waals surface area contributed by atoms with Crippen LogP contribution in [0.3, 0.4) is 0 Å². The molecule has 0 rings (SSSR count). The fourth-order valence-corrected chi connectivity index (χ4v) is 2.38. The lowest BCUT2D eigenvalue weighted by Gasteiger charge is -2.42. The smallest absolute Gasteiger partial charge is 0.388 e. The van der Waals surface area contributed by atoms with Crippen LogP contribution in [-0.4, -0.2) is 83.3 Å². The number of alkyl halides is 17. The molecule has 3 N–H and O–H groups in total. The topological polar surface area (TPSA) is 60.7 Å². The highest BCUT2D eigenvalue weighted by Gasteiger charge is 2.92. The molecule has 0 saturated carbocycles. The molecule has 0 aliphatic carbocycles. The first-order chi connectivity index (χ1) is 13.2. The van der Waals surface area contributed by atoms with Gasteiger partial charge in [-0.2, -0.15) is 52.7 Å². The van der Waals surface area contributed by atoms with Crippen LogP contribution in [0.4, 0.5) is 74.6 Å². The van der Waals surface area contributed by atoms with Crippen LogP contribution in [0.15, 0.2) is 0 Å². The van der Waals surface area contributed by atoms with Crippen molar-refractivity contribution in [2.75, 3.05) is 0 Å². The van der Waals surface area contributed by atoms with Gasteiger partial charge in [0.15, 0.2) is 6.17 Å². The zero-order chi connectivity index (χ0) is 25.8. The molecule has 0 aromatic rings. The number of halogens is 17. The van der Waals surface area contributed by atoms with Gasteiger partial charge in [-0.05, 0) is 0 Å². The van der Waals surface area contributed by atoms with Crippen molar-refractivity contribution in [2.24, 2.45) is 0 Å². The molecule has 31 heavy (non-hydrogen) atoms. The maximum Gasteiger partial charge on any atom is 0.535 e. The zero-order valence-electron chi connectivity index (χ0n) is 13.6. The maximum absolute atomic E-state index is 13.3. The maximum atomic E-state index is 13.3. The van der Waals surface area contributed by atoms with Crippen molar-refractivity contribution in [1.29, 1.82) is 0 Å².